The van der Waals surface area contributed by atoms with Gasteiger partial charge in [0.2, 0.25) is 5.91 Å². The number of rotatable bonds is 6. The highest BCUT2D eigenvalue weighted by Gasteiger charge is 2.19. The van der Waals surface area contributed by atoms with Crippen LogP contribution in [0.1, 0.15) is 45.4 Å². The van der Waals surface area contributed by atoms with Crippen LogP contribution in [0.4, 0.5) is 0 Å². The van der Waals surface area contributed by atoms with Gasteiger partial charge in [0.05, 0.1) is 31.6 Å². The first-order chi connectivity index (χ1) is 8.63. The smallest absolute Gasteiger partial charge is 0.224 e. The minimum absolute atomic E-state index is 0.0640. The van der Waals surface area contributed by atoms with Crippen LogP contribution in [0.25, 0.3) is 0 Å². The number of hydrogen-bond acceptors (Lipinski definition) is 3. The Bertz CT molecular complexity index is 299. The molecule has 102 valence electrons. The van der Waals surface area contributed by atoms with Crippen LogP contribution in [0.15, 0.2) is 0 Å². The minimum atomic E-state index is 0.0640. The van der Waals surface area contributed by atoms with Crippen LogP contribution in [0.3, 0.4) is 0 Å². The molecule has 4 heteroatoms. The standard InChI is InChI=1S/C14H24N2O2/c1-12-5-3-6-13(11-12)18-10-7-14(17)16(2)9-4-8-15/h12-13H,3-7,9-11H2,1-2H3. The van der Waals surface area contributed by atoms with Crippen molar-refractivity contribution in [1.82, 2.24) is 4.90 Å². The summed E-state index contributed by atoms with van der Waals surface area (Å²) < 4.78 is 5.77. The molecule has 0 radical (unpaired) electrons. The number of hydrogen-bond donors (Lipinski definition) is 0. The van der Waals surface area contributed by atoms with Gasteiger partial charge in [-0.05, 0) is 18.8 Å². The van der Waals surface area contributed by atoms with Crippen LogP contribution >= 0.6 is 0 Å². The highest BCUT2D eigenvalue weighted by Crippen LogP contribution is 2.25. The molecule has 1 fully saturated rings. The van der Waals surface area contributed by atoms with Gasteiger partial charge in [0.1, 0.15) is 0 Å². The van der Waals surface area contributed by atoms with Crippen LogP contribution in [-0.2, 0) is 9.53 Å². The zero-order valence-corrected chi connectivity index (χ0v) is 11.5. The summed E-state index contributed by atoms with van der Waals surface area (Å²) in [7, 11) is 1.74. The lowest BCUT2D eigenvalue weighted by atomic mass is 9.89. The number of ether oxygens (including phenoxy) is 1. The molecular formula is C14H24N2O2. The van der Waals surface area contributed by atoms with Crippen molar-refractivity contribution in [3.63, 3.8) is 0 Å². The third kappa shape index (κ3) is 5.50. The second-order valence-electron chi connectivity index (χ2n) is 5.24. The average Bonchev–Trinajstić information content (AvgIpc) is 2.35. The molecule has 1 rings (SSSR count). The lowest BCUT2D eigenvalue weighted by molar-refractivity contribution is -0.131. The van der Waals surface area contributed by atoms with Gasteiger partial charge in [0, 0.05) is 13.6 Å². The summed E-state index contributed by atoms with van der Waals surface area (Å²) in [5.74, 6) is 0.812. The summed E-state index contributed by atoms with van der Waals surface area (Å²) in [6.07, 6.45) is 5.94. The molecule has 0 heterocycles. The SMILES string of the molecule is CC1CCCC(OCCC(=O)N(C)CCC#N)C1. The number of amides is 1. The maximum atomic E-state index is 11.7. The topological polar surface area (TPSA) is 53.3 Å². The first-order valence-electron chi connectivity index (χ1n) is 6.86. The van der Waals surface area contributed by atoms with E-state index in [-0.39, 0.29) is 5.91 Å². The third-order valence-electron chi connectivity index (χ3n) is 3.54. The molecule has 0 aromatic carbocycles. The summed E-state index contributed by atoms with van der Waals surface area (Å²) in [5, 5.41) is 8.46. The van der Waals surface area contributed by atoms with Gasteiger partial charge < -0.3 is 9.64 Å². The lowest BCUT2D eigenvalue weighted by Gasteiger charge is -2.27. The molecule has 0 spiro atoms. The Hall–Kier alpha value is -1.08. The van der Waals surface area contributed by atoms with E-state index in [4.69, 9.17) is 10.00 Å². The Kier molecular flexibility index (Phi) is 6.74. The summed E-state index contributed by atoms with van der Waals surface area (Å²) in [6, 6.07) is 2.04. The van der Waals surface area contributed by atoms with Crippen LogP contribution in [0, 0.1) is 17.2 Å². The second-order valence-corrected chi connectivity index (χ2v) is 5.24. The van der Waals surface area contributed by atoms with E-state index in [0.29, 0.717) is 32.1 Å². The monoisotopic (exact) mass is 252 g/mol. The zero-order chi connectivity index (χ0) is 13.4. The number of carbonyl (C=O) groups excluding carboxylic acids is 1. The molecular weight excluding hydrogens is 228 g/mol. The van der Waals surface area contributed by atoms with E-state index in [1.807, 2.05) is 6.07 Å². The van der Waals surface area contributed by atoms with E-state index in [9.17, 15) is 4.79 Å². The molecule has 1 aliphatic carbocycles. The summed E-state index contributed by atoms with van der Waals surface area (Å²) >= 11 is 0. The fourth-order valence-corrected chi connectivity index (χ4v) is 2.38. The van der Waals surface area contributed by atoms with Crippen molar-refractivity contribution in [3.8, 4) is 6.07 Å². The van der Waals surface area contributed by atoms with Crippen LogP contribution in [-0.4, -0.2) is 37.1 Å². The maximum Gasteiger partial charge on any atom is 0.224 e. The van der Waals surface area contributed by atoms with Crippen molar-refractivity contribution in [2.75, 3.05) is 20.2 Å². The fraction of sp³-hybridized carbons (Fsp3) is 0.857. The Morgan fingerprint density at radius 2 is 2.28 bits per heavy atom. The Morgan fingerprint density at radius 3 is 2.94 bits per heavy atom. The molecule has 0 saturated heterocycles. The molecule has 1 amide bonds. The molecule has 1 saturated carbocycles. The molecule has 2 atom stereocenters. The quantitative estimate of drug-likeness (QED) is 0.729. The van der Waals surface area contributed by atoms with Crippen LogP contribution in [0.5, 0.6) is 0 Å². The maximum absolute atomic E-state index is 11.7. The van der Waals surface area contributed by atoms with Gasteiger partial charge in [-0.3, -0.25) is 4.79 Å². The summed E-state index contributed by atoms with van der Waals surface area (Å²) in [6.45, 7) is 3.28. The molecule has 0 aromatic heterocycles. The first-order valence-corrected chi connectivity index (χ1v) is 6.86. The second kappa shape index (κ2) is 8.10. The average molecular weight is 252 g/mol. The molecule has 0 N–H and O–H groups in total. The summed E-state index contributed by atoms with van der Waals surface area (Å²) in [4.78, 5) is 13.3. The Labute approximate surface area is 110 Å². The molecule has 0 aliphatic heterocycles. The van der Waals surface area contributed by atoms with Crippen molar-refractivity contribution in [1.29, 1.82) is 5.26 Å². The highest BCUT2D eigenvalue weighted by molar-refractivity contribution is 5.75. The highest BCUT2D eigenvalue weighted by atomic mass is 16.5. The van der Waals surface area contributed by atoms with E-state index < -0.39 is 0 Å². The number of nitrogens with zero attached hydrogens (tertiary/aromatic N) is 2. The predicted molar refractivity (Wildman–Crippen MR) is 69.9 cm³/mol. The van der Waals surface area contributed by atoms with E-state index in [1.165, 1.54) is 12.8 Å². The third-order valence-corrected chi connectivity index (χ3v) is 3.54. The van der Waals surface area contributed by atoms with Gasteiger partial charge in [-0.2, -0.15) is 5.26 Å². The van der Waals surface area contributed by atoms with Gasteiger partial charge in [0.15, 0.2) is 0 Å². The molecule has 2 unspecified atom stereocenters. The van der Waals surface area contributed by atoms with Gasteiger partial charge in [-0.1, -0.05) is 19.8 Å². The largest absolute Gasteiger partial charge is 0.378 e. The summed E-state index contributed by atoms with van der Waals surface area (Å²) in [5.41, 5.74) is 0. The van der Waals surface area contributed by atoms with Crippen molar-refractivity contribution >= 4 is 5.91 Å². The van der Waals surface area contributed by atoms with Crippen LogP contribution < -0.4 is 0 Å². The molecule has 18 heavy (non-hydrogen) atoms. The van der Waals surface area contributed by atoms with Crippen molar-refractivity contribution in [2.45, 2.75) is 51.6 Å². The van der Waals surface area contributed by atoms with Gasteiger partial charge in [-0.15, -0.1) is 0 Å². The normalized spacial score (nSPS) is 23.4. The first kappa shape index (κ1) is 15.0. The lowest BCUT2D eigenvalue weighted by Crippen LogP contribution is -2.29. The minimum Gasteiger partial charge on any atom is -0.378 e. The zero-order valence-electron chi connectivity index (χ0n) is 11.5. The Morgan fingerprint density at radius 1 is 1.50 bits per heavy atom. The van der Waals surface area contributed by atoms with Crippen LogP contribution in [0.2, 0.25) is 0 Å². The van der Waals surface area contributed by atoms with Crippen molar-refractivity contribution in [2.24, 2.45) is 5.92 Å². The predicted octanol–water partition coefficient (Wildman–Crippen LogP) is 2.34. The number of nitriles is 1. The van der Waals surface area contributed by atoms with E-state index in [0.717, 1.165) is 18.8 Å². The van der Waals surface area contributed by atoms with Gasteiger partial charge >= 0.3 is 0 Å². The molecule has 4 nitrogen and oxygen atoms in total. The molecule has 0 aromatic rings. The Balaban J connectivity index is 2.13. The van der Waals surface area contributed by atoms with E-state index >= 15 is 0 Å². The van der Waals surface area contributed by atoms with Crippen molar-refractivity contribution in [3.05, 3.63) is 0 Å². The molecule has 1 aliphatic rings. The van der Waals surface area contributed by atoms with Gasteiger partial charge in [-0.25, -0.2) is 0 Å². The molecule has 0 bridgehead atoms. The fourth-order valence-electron chi connectivity index (χ4n) is 2.38. The van der Waals surface area contributed by atoms with E-state index in [2.05, 4.69) is 6.92 Å². The van der Waals surface area contributed by atoms with Crippen molar-refractivity contribution < 1.29 is 9.53 Å². The van der Waals surface area contributed by atoms with E-state index in [1.54, 1.807) is 11.9 Å². The van der Waals surface area contributed by atoms with Gasteiger partial charge in [0.25, 0.3) is 0 Å². The number of carbonyl (C=O) groups is 1.